The van der Waals surface area contributed by atoms with Gasteiger partial charge in [-0.3, -0.25) is 0 Å². The molecule has 0 atom stereocenters. The van der Waals surface area contributed by atoms with Crippen molar-refractivity contribution in [3.8, 4) is 5.75 Å². The number of aryl methyl sites for hydroxylation is 1. The van der Waals surface area contributed by atoms with E-state index in [1.807, 2.05) is 0 Å². The highest BCUT2D eigenvalue weighted by molar-refractivity contribution is 9.10. The van der Waals surface area contributed by atoms with Gasteiger partial charge in [0.1, 0.15) is 5.75 Å². The Balaban J connectivity index is 2.62. The Kier molecular flexibility index (Phi) is 3.36. The smallest absolute Gasteiger partial charge is 0.136 e. The normalized spacial score (nSPS) is 16.6. The number of hydrogen-bond donors (Lipinski definition) is 1. The van der Waals surface area contributed by atoms with Crippen LogP contribution in [0.2, 0.25) is 0 Å². The van der Waals surface area contributed by atoms with E-state index in [1.165, 1.54) is 22.3 Å². The lowest BCUT2D eigenvalue weighted by atomic mass is 10.00. The van der Waals surface area contributed by atoms with Crippen molar-refractivity contribution in [1.29, 1.82) is 0 Å². The predicted octanol–water partition coefficient (Wildman–Crippen LogP) is 3.05. The highest BCUT2D eigenvalue weighted by Gasteiger charge is 2.22. The van der Waals surface area contributed by atoms with E-state index >= 15 is 0 Å². The second-order valence-electron chi connectivity index (χ2n) is 4.02. The average Bonchev–Trinajstić information content (AvgIpc) is 2.62. The van der Waals surface area contributed by atoms with E-state index in [9.17, 15) is 0 Å². The summed E-state index contributed by atoms with van der Waals surface area (Å²) in [5.74, 6) is 0.934. The van der Waals surface area contributed by atoms with Crippen molar-refractivity contribution in [3.63, 3.8) is 0 Å². The molecule has 2 rings (SSSR count). The van der Waals surface area contributed by atoms with Gasteiger partial charge < -0.3 is 10.5 Å². The summed E-state index contributed by atoms with van der Waals surface area (Å²) in [5, 5.41) is 0. The van der Waals surface area contributed by atoms with Crippen LogP contribution < -0.4 is 10.5 Å². The van der Waals surface area contributed by atoms with Crippen LogP contribution in [-0.2, 0) is 6.42 Å². The second kappa shape index (κ2) is 4.60. The third-order valence-corrected chi connectivity index (χ3v) is 3.70. The zero-order chi connectivity index (χ0) is 11.7. The first kappa shape index (κ1) is 11.7. The molecule has 2 nitrogen and oxygen atoms in total. The first-order valence-electron chi connectivity index (χ1n) is 5.44. The molecule has 0 fully saturated rings. The minimum Gasteiger partial charge on any atom is -0.495 e. The van der Waals surface area contributed by atoms with Crippen molar-refractivity contribution in [1.82, 2.24) is 0 Å². The van der Waals surface area contributed by atoms with E-state index in [0.717, 1.165) is 23.1 Å². The molecule has 1 aromatic rings. The molecule has 1 aliphatic rings. The van der Waals surface area contributed by atoms with Crippen molar-refractivity contribution in [2.24, 2.45) is 5.73 Å². The third kappa shape index (κ3) is 1.78. The Bertz CT molecular complexity index is 452. The van der Waals surface area contributed by atoms with Crippen LogP contribution in [0.4, 0.5) is 0 Å². The first-order valence-corrected chi connectivity index (χ1v) is 6.23. The Morgan fingerprint density at radius 2 is 2.25 bits per heavy atom. The van der Waals surface area contributed by atoms with Gasteiger partial charge in [0.05, 0.1) is 11.6 Å². The minimum absolute atomic E-state index is 0.604. The zero-order valence-corrected chi connectivity index (χ0v) is 11.2. The molecule has 0 aromatic heterocycles. The maximum absolute atomic E-state index is 5.60. The molecule has 1 aromatic carbocycles. The van der Waals surface area contributed by atoms with Gasteiger partial charge in [-0.2, -0.15) is 0 Å². The molecule has 16 heavy (non-hydrogen) atoms. The SMILES string of the molecule is COc1c(Br)cc2c(c1C)/C(=C\CN)CC2. The van der Waals surface area contributed by atoms with Crippen molar-refractivity contribution >= 4 is 21.5 Å². The quantitative estimate of drug-likeness (QED) is 0.904. The fraction of sp³-hybridized carbons (Fsp3) is 0.385. The van der Waals surface area contributed by atoms with Gasteiger partial charge in [0, 0.05) is 6.54 Å². The van der Waals surface area contributed by atoms with Crippen LogP contribution in [0.25, 0.3) is 5.57 Å². The topological polar surface area (TPSA) is 35.2 Å². The maximum Gasteiger partial charge on any atom is 0.136 e. The molecular formula is C13H16BrNO. The summed E-state index contributed by atoms with van der Waals surface area (Å²) in [6, 6.07) is 2.17. The number of allylic oxidation sites excluding steroid dienone is 1. The van der Waals surface area contributed by atoms with Crippen molar-refractivity contribution in [2.45, 2.75) is 19.8 Å². The lowest BCUT2D eigenvalue weighted by molar-refractivity contribution is 0.409. The van der Waals surface area contributed by atoms with Crippen LogP contribution in [0.1, 0.15) is 23.1 Å². The van der Waals surface area contributed by atoms with Crippen LogP contribution in [0.5, 0.6) is 5.75 Å². The van der Waals surface area contributed by atoms with E-state index in [-0.39, 0.29) is 0 Å². The summed E-state index contributed by atoms with van der Waals surface area (Å²) >= 11 is 3.55. The molecule has 0 heterocycles. The van der Waals surface area contributed by atoms with E-state index in [4.69, 9.17) is 10.5 Å². The number of nitrogens with two attached hydrogens (primary N) is 1. The van der Waals surface area contributed by atoms with Crippen LogP contribution >= 0.6 is 15.9 Å². The van der Waals surface area contributed by atoms with Gasteiger partial charge in [-0.25, -0.2) is 0 Å². The summed E-state index contributed by atoms with van der Waals surface area (Å²) in [6.45, 7) is 2.71. The molecule has 0 bridgehead atoms. The number of fused-ring (bicyclic) bond motifs is 1. The van der Waals surface area contributed by atoms with Gasteiger partial charge in [0.25, 0.3) is 0 Å². The molecule has 2 N–H and O–H groups in total. The highest BCUT2D eigenvalue weighted by atomic mass is 79.9. The van der Waals surface area contributed by atoms with E-state index in [0.29, 0.717) is 6.54 Å². The van der Waals surface area contributed by atoms with E-state index in [2.05, 4.69) is 35.0 Å². The lowest BCUT2D eigenvalue weighted by Crippen LogP contribution is -1.97. The average molecular weight is 282 g/mol. The van der Waals surface area contributed by atoms with Crippen LogP contribution in [-0.4, -0.2) is 13.7 Å². The van der Waals surface area contributed by atoms with Gasteiger partial charge in [0.15, 0.2) is 0 Å². The van der Waals surface area contributed by atoms with Crippen molar-refractivity contribution in [2.75, 3.05) is 13.7 Å². The van der Waals surface area contributed by atoms with Gasteiger partial charge in [0.2, 0.25) is 0 Å². The molecule has 0 aliphatic heterocycles. The van der Waals surface area contributed by atoms with Crippen molar-refractivity contribution in [3.05, 3.63) is 33.3 Å². The molecule has 3 heteroatoms. The molecule has 0 radical (unpaired) electrons. The Labute approximate surface area is 105 Å². The van der Waals surface area contributed by atoms with Crippen LogP contribution in [0.3, 0.4) is 0 Å². The molecular weight excluding hydrogens is 266 g/mol. The molecule has 1 aliphatic carbocycles. The largest absolute Gasteiger partial charge is 0.495 e. The summed E-state index contributed by atoms with van der Waals surface area (Å²) in [4.78, 5) is 0. The van der Waals surface area contributed by atoms with Crippen LogP contribution in [0.15, 0.2) is 16.6 Å². The fourth-order valence-corrected chi connectivity index (χ4v) is 3.20. The monoisotopic (exact) mass is 281 g/mol. The first-order chi connectivity index (χ1) is 7.69. The summed E-state index contributed by atoms with van der Waals surface area (Å²) in [5.41, 5.74) is 10.9. The van der Waals surface area contributed by atoms with Crippen molar-refractivity contribution < 1.29 is 4.74 Å². The summed E-state index contributed by atoms with van der Waals surface area (Å²) in [7, 11) is 1.71. The molecule has 0 amide bonds. The van der Waals surface area contributed by atoms with Crippen LogP contribution in [0, 0.1) is 6.92 Å². The maximum atomic E-state index is 5.60. The summed E-state index contributed by atoms with van der Waals surface area (Å²) in [6.07, 6.45) is 4.31. The van der Waals surface area contributed by atoms with E-state index < -0.39 is 0 Å². The Hall–Kier alpha value is -0.800. The van der Waals surface area contributed by atoms with Gasteiger partial charge in [-0.1, -0.05) is 6.08 Å². The third-order valence-electron chi connectivity index (χ3n) is 3.11. The van der Waals surface area contributed by atoms with Gasteiger partial charge in [-0.05, 0) is 64.0 Å². The number of ether oxygens (including phenoxy) is 1. The van der Waals surface area contributed by atoms with Gasteiger partial charge in [-0.15, -0.1) is 0 Å². The molecule has 0 spiro atoms. The number of halogens is 1. The van der Waals surface area contributed by atoms with E-state index in [1.54, 1.807) is 7.11 Å². The zero-order valence-electron chi connectivity index (χ0n) is 9.64. The summed E-state index contributed by atoms with van der Waals surface area (Å²) < 4.78 is 6.46. The predicted molar refractivity (Wildman–Crippen MR) is 70.8 cm³/mol. The Morgan fingerprint density at radius 3 is 2.88 bits per heavy atom. The lowest BCUT2D eigenvalue weighted by Gasteiger charge is -2.13. The fourth-order valence-electron chi connectivity index (χ4n) is 2.46. The molecule has 0 saturated carbocycles. The van der Waals surface area contributed by atoms with Gasteiger partial charge >= 0.3 is 0 Å². The Morgan fingerprint density at radius 1 is 1.50 bits per heavy atom. The second-order valence-corrected chi connectivity index (χ2v) is 4.87. The molecule has 0 saturated heterocycles. The molecule has 0 unspecified atom stereocenters. The standard InChI is InChI=1S/C13H16BrNO/c1-8-12-9(5-6-15)3-4-10(12)7-11(14)13(8)16-2/h5,7H,3-4,6,15H2,1-2H3/b9-5-. The highest BCUT2D eigenvalue weighted by Crippen LogP contribution is 2.42. The molecule has 86 valence electrons. The number of hydrogen-bond acceptors (Lipinski definition) is 2. The minimum atomic E-state index is 0.604. The number of benzene rings is 1. The number of methoxy groups -OCH3 is 1. The number of rotatable bonds is 2.